The summed E-state index contributed by atoms with van der Waals surface area (Å²) < 4.78 is 1.91. The average molecular weight is 357 g/mol. The molecular weight excluding hydrogens is 330 g/mol. The lowest BCUT2D eigenvalue weighted by atomic mass is 9.96. The van der Waals surface area contributed by atoms with Crippen LogP contribution in [0.3, 0.4) is 0 Å². The smallest absolute Gasteiger partial charge is 0.163 e. The molecule has 140 valence electrons. The molecule has 6 heteroatoms. The third-order valence-electron chi connectivity index (χ3n) is 4.67. The highest BCUT2D eigenvalue weighted by Crippen LogP contribution is 2.41. The Morgan fingerprint density at radius 1 is 1.15 bits per heavy atom. The van der Waals surface area contributed by atoms with Crippen molar-refractivity contribution < 1.29 is 15.1 Å². The molecule has 0 atom stereocenters. The van der Waals surface area contributed by atoms with Gasteiger partial charge in [0, 0.05) is 36.0 Å². The molecule has 1 aromatic carbocycles. The highest BCUT2D eigenvalue weighted by atomic mass is 16.7. The van der Waals surface area contributed by atoms with Gasteiger partial charge in [0.2, 0.25) is 0 Å². The number of hydrogen-bond acceptors (Lipinski definition) is 5. The van der Waals surface area contributed by atoms with Crippen molar-refractivity contribution in [1.82, 2.24) is 14.8 Å². The van der Waals surface area contributed by atoms with Gasteiger partial charge >= 0.3 is 0 Å². The molecule has 26 heavy (non-hydrogen) atoms. The number of phenolic OH excluding ortho intramolecular Hbond substituents is 2. The Morgan fingerprint density at radius 3 is 2.46 bits per heavy atom. The van der Waals surface area contributed by atoms with Gasteiger partial charge in [0.05, 0.1) is 18.3 Å². The maximum absolute atomic E-state index is 10.5. The summed E-state index contributed by atoms with van der Waals surface area (Å²) in [6, 6.07) is 3.48. The van der Waals surface area contributed by atoms with E-state index >= 15 is 0 Å². The molecule has 2 heterocycles. The largest absolute Gasteiger partial charge is 0.508 e. The zero-order chi connectivity index (χ0) is 19.0. The number of hydroxylamine groups is 2. The van der Waals surface area contributed by atoms with Crippen molar-refractivity contribution in [3.8, 4) is 11.5 Å². The van der Waals surface area contributed by atoms with Crippen LogP contribution in [-0.2, 0) is 4.84 Å². The van der Waals surface area contributed by atoms with E-state index in [4.69, 9.17) is 4.84 Å². The van der Waals surface area contributed by atoms with Crippen LogP contribution < -0.4 is 0 Å². The van der Waals surface area contributed by atoms with E-state index < -0.39 is 0 Å². The molecule has 0 aliphatic carbocycles. The fourth-order valence-corrected chi connectivity index (χ4v) is 3.09. The normalized spacial score (nSPS) is 15.3. The third kappa shape index (κ3) is 3.29. The lowest BCUT2D eigenvalue weighted by molar-refractivity contribution is -0.0556. The highest BCUT2D eigenvalue weighted by molar-refractivity contribution is 5.91. The molecule has 0 saturated heterocycles. The number of nitrogens with zero attached hydrogens (tertiary/aromatic N) is 3. The van der Waals surface area contributed by atoms with E-state index in [1.54, 1.807) is 0 Å². The molecule has 1 aliphatic heterocycles. The zero-order valence-corrected chi connectivity index (χ0v) is 16.0. The molecule has 2 N–H and O–H groups in total. The van der Waals surface area contributed by atoms with Gasteiger partial charge in [-0.1, -0.05) is 13.8 Å². The van der Waals surface area contributed by atoms with Crippen LogP contribution in [-0.4, -0.2) is 38.1 Å². The first-order valence-corrected chi connectivity index (χ1v) is 9.08. The highest BCUT2D eigenvalue weighted by Gasteiger charge is 2.29. The van der Waals surface area contributed by atoms with Crippen LogP contribution in [0.25, 0.3) is 11.3 Å². The van der Waals surface area contributed by atoms with Crippen molar-refractivity contribution in [1.29, 1.82) is 0 Å². The molecule has 0 radical (unpaired) electrons. The summed E-state index contributed by atoms with van der Waals surface area (Å²) >= 11 is 0. The van der Waals surface area contributed by atoms with Crippen LogP contribution in [0.15, 0.2) is 24.5 Å². The summed E-state index contributed by atoms with van der Waals surface area (Å²) in [4.78, 5) is 6.02. The predicted octanol–water partition coefficient (Wildman–Crippen LogP) is 4.13. The van der Waals surface area contributed by atoms with Crippen LogP contribution in [0, 0.1) is 0 Å². The second kappa shape index (κ2) is 7.03. The maximum Gasteiger partial charge on any atom is 0.163 e. The number of benzene rings is 1. The molecule has 1 aromatic heterocycles. The summed E-state index contributed by atoms with van der Waals surface area (Å²) in [6.07, 6.45) is 3.84. The van der Waals surface area contributed by atoms with Crippen LogP contribution in [0.4, 0.5) is 0 Å². The molecule has 0 amide bonds. The molecule has 3 rings (SSSR count). The first-order valence-electron chi connectivity index (χ1n) is 9.08. The van der Waals surface area contributed by atoms with E-state index in [-0.39, 0.29) is 23.5 Å². The van der Waals surface area contributed by atoms with Gasteiger partial charge in [0.1, 0.15) is 11.5 Å². The molecule has 6 nitrogen and oxygen atoms in total. The Kier molecular flexibility index (Phi) is 4.96. The van der Waals surface area contributed by atoms with E-state index in [9.17, 15) is 10.2 Å². The number of hydrogen-bond donors (Lipinski definition) is 2. The van der Waals surface area contributed by atoms with Crippen molar-refractivity contribution >= 4 is 11.3 Å². The molecule has 0 unspecified atom stereocenters. The first kappa shape index (κ1) is 18.3. The van der Waals surface area contributed by atoms with E-state index in [0.29, 0.717) is 17.9 Å². The summed E-state index contributed by atoms with van der Waals surface area (Å²) in [5.41, 5.74) is 3.33. The quantitative estimate of drug-likeness (QED) is 0.842. The fraction of sp³-hybridized carbons (Fsp3) is 0.450. The molecule has 1 aliphatic rings. The van der Waals surface area contributed by atoms with E-state index in [1.165, 1.54) is 6.07 Å². The van der Waals surface area contributed by atoms with Crippen LogP contribution in [0.5, 0.6) is 11.5 Å². The van der Waals surface area contributed by atoms with Crippen LogP contribution in [0.2, 0.25) is 0 Å². The maximum atomic E-state index is 10.5. The third-order valence-corrected chi connectivity index (χ3v) is 4.67. The number of phenols is 2. The minimum atomic E-state index is 0.00797. The monoisotopic (exact) mass is 357 g/mol. The van der Waals surface area contributed by atoms with Gasteiger partial charge in [0.25, 0.3) is 0 Å². The molecule has 2 aromatic rings. The molecule has 0 saturated carbocycles. The van der Waals surface area contributed by atoms with Crippen molar-refractivity contribution in [2.24, 2.45) is 0 Å². The van der Waals surface area contributed by atoms with Gasteiger partial charge in [-0.05, 0) is 38.3 Å². The minimum Gasteiger partial charge on any atom is -0.508 e. The molecule has 0 bridgehead atoms. The Labute approximate surface area is 154 Å². The van der Waals surface area contributed by atoms with Crippen LogP contribution in [0.1, 0.15) is 63.3 Å². The van der Waals surface area contributed by atoms with Gasteiger partial charge in [0.15, 0.2) is 5.76 Å². The topological polar surface area (TPSA) is 70.8 Å². The predicted molar refractivity (Wildman–Crippen MR) is 102 cm³/mol. The van der Waals surface area contributed by atoms with Gasteiger partial charge in [-0.25, -0.2) is 0 Å². The summed E-state index contributed by atoms with van der Waals surface area (Å²) in [6.45, 7) is 11.5. The van der Waals surface area contributed by atoms with Crippen LogP contribution >= 0.6 is 0 Å². The second-order valence-corrected chi connectivity index (χ2v) is 7.24. The summed E-state index contributed by atoms with van der Waals surface area (Å²) in [5.74, 6) is 0.857. The first-order chi connectivity index (χ1) is 12.3. The van der Waals surface area contributed by atoms with Crippen molar-refractivity contribution in [3.63, 3.8) is 0 Å². The molecule has 0 fully saturated rings. The Morgan fingerprint density at radius 2 is 1.88 bits per heavy atom. The standard InChI is InChI=1S/C20H27N3O3/c1-6-22-11-17(14-9-21-23(10-14)13(4)5)20(26-22)16-7-15(12(2)3)18(24)8-19(16)25/h7-10,12-13,24-25H,6,11H2,1-5H3. The summed E-state index contributed by atoms with van der Waals surface area (Å²) in [5, 5.41) is 26.9. The summed E-state index contributed by atoms with van der Waals surface area (Å²) in [7, 11) is 0. The lowest BCUT2D eigenvalue weighted by Crippen LogP contribution is -2.18. The SMILES string of the molecule is CCN1CC(c2cnn(C(C)C)c2)=C(c2cc(C(C)C)c(O)cc2O)O1. The molecular formula is C20H27N3O3. The minimum absolute atomic E-state index is 0.00797. The average Bonchev–Trinajstić information content (AvgIpc) is 3.21. The number of aromatic nitrogens is 2. The fourth-order valence-electron chi connectivity index (χ4n) is 3.09. The van der Waals surface area contributed by atoms with E-state index in [1.807, 2.05) is 49.0 Å². The molecule has 0 spiro atoms. The second-order valence-electron chi connectivity index (χ2n) is 7.24. The lowest BCUT2D eigenvalue weighted by Gasteiger charge is -2.16. The van der Waals surface area contributed by atoms with Gasteiger partial charge in [-0.15, -0.1) is 5.06 Å². The number of likely N-dealkylation sites (N-methyl/N-ethyl adjacent to an activating group) is 1. The van der Waals surface area contributed by atoms with Crippen molar-refractivity contribution in [2.75, 3.05) is 13.1 Å². The Balaban J connectivity index is 2.13. The van der Waals surface area contributed by atoms with Gasteiger partial charge < -0.3 is 15.1 Å². The van der Waals surface area contributed by atoms with Crippen molar-refractivity contribution in [3.05, 3.63) is 41.2 Å². The van der Waals surface area contributed by atoms with Crippen molar-refractivity contribution in [2.45, 2.75) is 46.6 Å². The number of rotatable bonds is 5. The zero-order valence-electron chi connectivity index (χ0n) is 16.0. The van der Waals surface area contributed by atoms with Gasteiger partial charge in [-0.3, -0.25) is 4.68 Å². The van der Waals surface area contributed by atoms with E-state index in [0.717, 1.165) is 23.2 Å². The Hall–Kier alpha value is -2.47. The van der Waals surface area contributed by atoms with Gasteiger partial charge in [-0.2, -0.15) is 5.10 Å². The Bertz CT molecular complexity index is 837. The van der Waals surface area contributed by atoms with E-state index in [2.05, 4.69) is 18.9 Å². The number of aromatic hydroxyl groups is 2.